The molecule has 0 spiro atoms. The van der Waals surface area contributed by atoms with E-state index in [1.54, 1.807) is 18.2 Å². The van der Waals surface area contributed by atoms with Gasteiger partial charge in [-0.25, -0.2) is 14.4 Å². The van der Waals surface area contributed by atoms with Crippen LogP contribution < -0.4 is 5.32 Å². The second-order valence-corrected chi connectivity index (χ2v) is 5.87. The van der Waals surface area contributed by atoms with E-state index in [0.717, 1.165) is 25.9 Å². The number of amides is 1. The number of carbonyl (C=O) groups is 1. The number of nitrogens with zero attached hydrogens (tertiary/aromatic N) is 3. The monoisotopic (exact) mass is 314 g/mol. The van der Waals surface area contributed by atoms with Crippen molar-refractivity contribution >= 4 is 17.5 Å². The van der Waals surface area contributed by atoms with Crippen LogP contribution in [-0.4, -0.2) is 33.9 Å². The molecule has 1 aliphatic heterocycles. The standard InChI is InChI=1S/C17H19FN4O/c1-12-6-8-22(9-7-12)16(23)13-10-19-17(20-11-13)21-15-5-3-2-4-14(15)18/h2-5,10-12H,6-9H2,1H3,(H,19,20,21). The van der Waals surface area contributed by atoms with Crippen LogP contribution in [0.15, 0.2) is 36.7 Å². The van der Waals surface area contributed by atoms with Crippen molar-refractivity contribution < 1.29 is 9.18 Å². The molecule has 6 heteroatoms. The summed E-state index contributed by atoms with van der Waals surface area (Å²) >= 11 is 0. The van der Waals surface area contributed by atoms with Gasteiger partial charge in [-0.1, -0.05) is 19.1 Å². The Balaban J connectivity index is 1.67. The number of anilines is 2. The molecule has 1 aromatic carbocycles. The molecule has 0 aliphatic carbocycles. The topological polar surface area (TPSA) is 58.1 Å². The molecule has 5 nitrogen and oxygen atoms in total. The molecule has 1 amide bonds. The van der Waals surface area contributed by atoms with Crippen molar-refractivity contribution in [3.05, 3.63) is 48.0 Å². The Morgan fingerprint density at radius 3 is 2.52 bits per heavy atom. The second kappa shape index (κ2) is 6.73. The number of hydrogen-bond acceptors (Lipinski definition) is 4. The number of para-hydroxylation sites is 1. The van der Waals surface area contributed by atoms with Crippen molar-refractivity contribution in [3.63, 3.8) is 0 Å². The van der Waals surface area contributed by atoms with Gasteiger partial charge in [-0.2, -0.15) is 0 Å². The molecule has 23 heavy (non-hydrogen) atoms. The van der Waals surface area contributed by atoms with Crippen molar-refractivity contribution in [2.24, 2.45) is 5.92 Å². The van der Waals surface area contributed by atoms with Gasteiger partial charge >= 0.3 is 0 Å². The number of hydrogen-bond donors (Lipinski definition) is 1. The summed E-state index contributed by atoms with van der Waals surface area (Å²) in [6.45, 7) is 3.75. The summed E-state index contributed by atoms with van der Waals surface area (Å²) in [5.41, 5.74) is 0.759. The van der Waals surface area contributed by atoms with Crippen LogP contribution >= 0.6 is 0 Å². The minimum atomic E-state index is -0.376. The molecule has 0 atom stereocenters. The summed E-state index contributed by atoms with van der Waals surface area (Å²) in [7, 11) is 0. The van der Waals surface area contributed by atoms with Crippen molar-refractivity contribution in [1.82, 2.24) is 14.9 Å². The lowest BCUT2D eigenvalue weighted by Crippen LogP contribution is -2.38. The maximum absolute atomic E-state index is 13.6. The van der Waals surface area contributed by atoms with E-state index in [4.69, 9.17) is 0 Å². The predicted octanol–water partition coefficient (Wildman–Crippen LogP) is 3.23. The molecule has 1 saturated heterocycles. The normalized spacial score (nSPS) is 15.5. The summed E-state index contributed by atoms with van der Waals surface area (Å²) in [5.74, 6) is 0.509. The summed E-state index contributed by atoms with van der Waals surface area (Å²) in [4.78, 5) is 22.5. The molecule has 120 valence electrons. The number of likely N-dealkylation sites (tertiary alicyclic amines) is 1. The van der Waals surface area contributed by atoms with E-state index in [-0.39, 0.29) is 17.7 Å². The average Bonchev–Trinajstić information content (AvgIpc) is 2.58. The molecule has 1 N–H and O–H groups in total. The van der Waals surface area contributed by atoms with E-state index in [9.17, 15) is 9.18 Å². The lowest BCUT2D eigenvalue weighted by molar-refractivity contribution is 0.0696. The van der Waals surface area contributed by atoms with E-state index < -0.39 is 0 Å². The number of nitrogens with one attached hydrogen (secondary N) is 1. The third-order valence-electron chi connectivity index (χ3n) is 4.09. The molecular formula is C17H19FN4O. The van der Waals surface area contributed by atoms with E-state index in [1.807, 2.05) is 4.90 Å². The van der Waals surface area contributed by atoms with Crippen molar-refractivity contribution in [1.29, 1.82) is 0 Å². The van der Waals surface area contributed by atoms with Gasteiger partial charge in [0, 0.05) is 25.5 Å². The van der Waals surface area contributed by atoms with Crippen LogP contribution in [0.25, 0.3) is 0 Å². The molecule has 1 aliphatic rings. The highest BCUT2D eigenvalue weighted by Crippen LogP contribution is 2.19. The van der Waals surface area contributed by atoms with E-state index in [2.05, 4.69) is 22.2 Å². The summed E-state index contributed by atoms with van der Waals surface area (Å²) < 4.78 is 13.6. The first kappa shape index (κ1) is 15.4. The highest BCUT2D eigenvalue weighted by molar-refractivity contribution is 5.93. The third-order valence-corrected chi connectivity index (χ3v) is 4.09. The first-order chi connectivity index (χ1) is 11.1. The van der Waals surface area contributed by atoms with Crippen LogP contribution in [0.2, 0.25) is 0 Å². The fraction of sp³-hybridized carbons (Fsp3) is 0.353. The van der Waals surface area contributed by atoms with E-state index in [1.165, 1.54) is 18.5 Å². The lowest BCUT2D eigenvalue weighted by atomic mass is 9.99. The average molecular weight is 314 g/mol. The number of piperidine rings is 1. The van der Waals surface area contributed by atoms with Gasteiger partial charge in [0.1, 0.15) is 5.82 Å². The zero-order chi connectivity index (χ0) is 16.2. The zero-order valence-corrected chi connectivity index (χ0v) is 13.0. The van der Waals surface area contributed by atoms with Crippen molar-refractivity contribution in [3.8, 4) is 0 Å². The van der Waals surface area contributed by atoms with E-state index in [0.29, 0.717) is 17.2 Å². The molecule has 3 rings (SSSR count). The van der Waals surface area contributed by atoms with Gasteiger partial charge in [-0.05, 0) is 30.9 Å². The minimum Gasteiger partial charge on any atom is -0.339 e. The molecule has 2 heterocycles. The number of aromatic nitrogens is 2. The molecule has 0 radical (unpaired) electrons. The summed E-state index contributed by atoms with van der Waals surface area (Å²) in [6, 6.07) is 6.30. The number of rotatable bonds is 3. The molecule has 1 fully saturated rings. The third kappa shape index (κ3) is 3.64. The largest absolute Gasteiger partial charge is 0.339 e. The van der Waals surface area contributed by atoms with Gasteiger partial charge < -0.3 is 10.2 Å². The molecular weight excluding hydrogens is 295 g/mol. The Bertz CT molecular complexity index is 681. The maximum Gasteiger partial charge on any atom is 0.256 e. The number of benzene rings is 1. The zero-order valence-electron chi connectivity index (χ0n) is 13.0. The molecule has 0 unspecified atom stereocenters. The first-order valence-corrected chi connectivity index (χ1v) is 7.76. The summed E-state index contributed by atoms with van der Waals surface area (Å²) in [5, 5.41) is 2.80. The van der Waals surface area contributed by atoms with Gasteiger partial charge in [-0.3, -0.25) is 4.79 Å². The van der Waals surface area contributed by atoms with Gasteiger partial charge in [0.15, 0.2) is 0 Å². The van der Waals surface area contributed by atoms with Gasteiger partial charge in [0.25, 0.3) is 5.91 Å². The van der Waals surface area contributed by atoms with Crippen LogP contribution in [0.5, 0.6) is 0 Å². The second-order valence-electron chi connectivity index (χ2n) is 5.87. The number of halogens is 1. The smallest absolute Gasteiger partial charge is 0.256 e. The summed E-state index contributed by atoms with van der Waals surface area (Å²) in [6.07, 6.45) is 5.02. The fourth-order valence-electron chi connectivity index (χ4n) is 2.58. The quantitative estimate of drug-likeness (QED) is 0.945. The SMILES string of the molecule is CC1CCN(C(=O)c2cnc(Nc3ccccc3F)nc2)CC1. The Hall–Kier alpha value is -2.50. The van der Waals surface area contributed by atoms with Crippen LogP contribution in [-0.2, 0) is 0 Å². The molecule has 1 aromatic heterocycles. The minimum absolute atomic E-state index is 0.0469. The molecule has 0 saturated carbocycles. The Kier molecular flexibility index (Phi) is 4.50. The Labute approximate surface area is 134 Å². The van der Waals surface area contributed by atoms with Gasteiger partial charge in [0.05, 0.1) is 11.3 Å². The highest BCUT2D eigenvalue weighted by Gasteiger charge is 2.21. The van der Waals surface area contributed by atoms with Crippen molar-refractivity contribution in [2.45, 2.75) is 19.8 Å². The molecule has 2 aromatic rings. The van der Waals surface area contributed by atoms with Gasteiger partial charge in [0.2, 0.25) is 5.95 Å². The van der Waals surface area contributed by atoms with Crippen molar-refractivity contribution in [2.75, 3.05) is 18.4 Å². The maximum atomic E-state index is 13.6. The predicted molar refractivity (Wildman–Crippen MR) is 86.0 cm³/mol. The number of carbonyl (C=O) groups excluding carboxylic acids is 1. The Morgan fingerprint density at radius 1 is 1.22 bits per heavy atom. The van der Waals surface area contributed by atoms with Crippen LogP contribution in [0.1, 0.15) is 30.1 Å². The first-order valence-electron chi connectivity index (χ1n) is 7.76. The van der Waals surface area contributed by atoms with Gasteiger partial charge in [-0.15, -0.1) is 0 Å². The van der Waals surface area contributed by atoms with Crippen LogP contribution in [0, 0.1) is 11.7 Å². The Morgan fingerprint density at radius 2 is 1.87 bits per heavy atom. The fourth-order valence-corrected chi connectivity index (χ4v) is 2.58. The molecule has 0 bridgehead atoms. The van der Waals surface area contributed by atoms with Crippen LogP contribution in [0.4, 0.5) is 16.0 Å². The van der Waals surface area contributed by atoms with E-state index >= 15 is 0 Å². The lowest BCUT2D eigenvalue weighted by Gasteiger charge is -2.30. The van der Waals surface area contributed by atoms with Crippen LogP contribution in [0.3, 0.4) is 0 Å². The highest BCUT2D eigenvalue weighted by atomic mass is 19.1.